The van der Waals surface area contributed by atoms with Crippen LogP contribution in [0.5, 0.6) is 0 Å². The van der Waals surface area contributed by atoms with Gasteiger partial charge in [0.05, 0.1) is 0 Å². The molecule has 0 atom stereocenters. The first-order valence-corrected chi connectivity index (χ1v) is 5.50. The van der Waals surface area contributed by atoms with Crippen LogP contribution in [0.15, 0.2) is 53.3 Å². The van der Waals surface area contributed by atoms with Crippen LogP contribution in [0.2, 0.25) is 0 Å². The molecule has 0 amide bonds. The van der Waals surface area contributed by atoms with Gasteiger partial charge in [-0.2, -0.15) is 0 Å². The Bertz CT molecular complexity index is 781. The Kier molecular flexibility index (Phi) is 2.66. The second-order valence-corrected chi connectivity index (χ2v) is 4.08. The van der Waals surface area contributed by atoms with Crippen LogP contribution in [0, 0.1) is 6.07 Å². The number of fused-ring (bicyclic) bond motifs is 6. The average molecular weight is 410 g/mol. The Labute approximate surface area is 117 Å². The van der Waals surface area contributed by atoms with E-state index in [-0.39, 0.29) is 20.1 Å². The molecule has 0 aliphatic heterocycles. The van der Waals surface area contributed by atoms with Crippen molar-refractivity contribution in [2.45, 2.75) is 0 Å². The van der Waals surface area contributed by atoms with Gasteiger partial charge in [0.15, 0.2) is 0 Å². The maximum atomic E-state index is 5.11. The Morgan fingerprint density at radius 1 is 0.889 bits per heavy atom. The van der Waals surface area contributed by atoms with Crippen molar-refractivity contribution in [1.29, 1.82) is 0 Å². The van der Waals surface area contributed by atoms with Crippen molar-refractivity contribution in [3.05, 3.63) is 54.8 Å². The summed E-state index contributed by atoms with van der Waals surface area (Å²) in [6.07, 6.45) is 1.71. The Hall–Kier alpha value is -1.70. The van der Waals surface area contributed by atoms with Crippen molar-refractivity contribution in [3.63, 3.8) is 0 Å². The van der Waals surface area contributed by atoms with E-state index in [1.807, 2.05) is 24.3 Å². The van der Waals surface area contributed by atoms with E-state index in [1.165, 1.54) is 16.2 Å². The van der Waals surface area contributed by atoms with E-state index in [2.05, 4.69) is 29.4 Å². The predicted molar refractivity (Wildman–Crippen MR) is 67.9 cm³/mol. The zero-order valence-electron chi connectivity index (χ0n) is 9.31. The monoisotopic (exact) mass is 411 g/mol. The topological polar surface area (TPSA) is 26.0 Å². The van der Waals surface area contributed by atoms with E-state index in [0.717, 1.165) is 16.3 Å². The minimum absolute atomic E-state index is 0. The van der Waals surface area contributed by atoms with Gasteiger partial charge >= 0.3 is 0 Å². The summed E-state index contributed by atoms with van der Waals surface area (Å²) in [5, 5.41) is 9.73. The Balaban J connectivity index is 0.000001000. The molecule has 18 heavy (non-hydrogen) atoms. The van der Waals surface area contributed by atoms with Crippen LogP contribution in [-0.4, -0.2) is 5.16 Å². The molecular weight excluding hydrogens is 402 g/mol. The zero-order valence-corrected chi connectivity index (χ0v) is 11.7. The van der Waals surface area contributed by atoms with Gasteiger partial charge in [0.1, 0.15) is 6.26 Å². The molecular formula is C15H8IrNO-. The quantitative estimate of drug-likeness (QED) is 0.324. The molecule has 0 bridgehead atoms. The minimum Gasteiger partial charge on any atom is -0.374 e. The number of rotatable bonds is 0. The van der Waals surface area contributed by atoms with Crippen molar-refractivity contribution in [2.24, 2.45) is 0 Å². The van der Waals surface area contributed by atoms with Crippen molar-refractivity contribution in [1.82, 2.24) is 5.16 Å². The molecule has 0 spiro atoms. The van der Waals surface area contributed by atoms with Crippen molar-refractivity contribution >= 4 is 32.4 Å². The maximum absolute atomic E-state index is 5.11. The molecule has 0 unspecified atom stereocenters. The van der Waals surface area contributed by atoms with Gasteiger partial charge in [0.25, 0.3) is 0 Å². The Morgan fingerprint density at radius 2 is 1.61 bits per heavy atom. The minimum atomic E-state index is 0. The second kappa shape index (κ2) is 4.20. The molecule has 1 heterocycles. The van der Waals surface area contributed by atoms with Crippen LogP contribution in [0.4, 0.5) is 0 Å². The normalized spacial score (nSPS) is 10.9. The van der Waals surface area contributed by atoms with Gasteiger partial charge in [-0.3, -0.25) is 0 Å². The van der Waals surface area contributed by atoms with E-state index < -0.39 is 0 Å². The number of aromatic nitrogens is 1. The molecule has 0 N–H and O–H groups in total. The first-order valence-electron chi connectivity index (χ1n) is 5.50. The summed E-state index contributed by atoms with van der Waals surface area (Å²) < 4.78 is 5.11. The first kappa shape index (κ1) is 11.4. The summed E-state index contributed by atoms with van der Waals surface area (Å²) in [6, 6.07) is 17.6. The molecule has 0 aliphatic rings. The molecule has 1 radical (unpaired) electrons. The molecule has 89 valence electrons. The van der Waals surface area contributed by atoms with Gasteiger partial charge in [0, 0.05) is 31.0 Å². The van der Waals surface area contributed by atoms with Crippen LogP contribution in [0.3, 0.4) is 0 Å². The SMILES string of the molecule is [Ir].[c-]1cccc2c1c1nocc1c1ccccc21. The van der Waals surface area contributed by atoms with Crippen molar-refractivity contribution in [3.8, 4) is 0 Å². The summed E-state index contributed by atoms with van der Waals surface area (Å²) in [6.45, 7) is 0. The van der Waals surface area contributed by atoms with E-state index in [0.29, 0.717) is 0 Å². The second-order valence-electron chi connectivity index (χ2n) is 4.08. The summed E-state index contributed by atoms with van der Waals surface area (Å²) in [7, 11) is 0. The van der Waals surface area contributed by atoms with E-state index in [9.17, 15) is 0 Å². The molecule has 2 nitrogen and oxygen atoms in total. The third kappa shape index (κ3) is 1.41. The van der Waals surface area contributed by atoms with Gasteiger partial charge in [-0.25, -0.2) is 0 Å². The van der Waals surface area contributed by atoms with Crippen LogP contribution in [-0.2, 0) is 20.1 Å². The Morgan fingerprint density at radius 3 is 2.44 bits per heavy atom. The molecule has 3 heteroatoms. The van der Waals surface area contributed by atoms with Crippen molar-refractivity contribution in [2.75, 3.05) is 0 Å². The van der Waals surface area contributed by atoms with E-state index in [4.69, 9.17) is 4.52 Å². The van der Waals surface area contributed by atoms with E-state index >= 15 is 0 Å². The van der Waals surface area contributed by atoms with Crippen LogP contribution < -0.4 is 0 Å². The summed E-state index contributed by atoms with van der Waals surface area (Å²) in [5.74, 6) is 0. The summed E-state index contributed by atoms with van der Waals surface area (Å²) in [5.41, 5.74) is 0.888. The molecule has 0 aliphatic carbocycles. The number of hydrogen-bond donors (Lipinski definition) is 0. The van der Waals surface area contributed by atoms with Crippen molar-refractivity contribution < 1.29 is 24.6 Å². The van der Waals surface area contributed by atoms with Crippen LogP contribution in [0.1, 0.15) is 0 Å². The molecule has 3 aromatic carbocycles. The predicted octanol–water partition coefficient (Wildman–Crippen LogP) is 3.93. The average Bonchev–Trinajstić information content (AvgIpc) is 2.89. The molecule has 1 aromatic heterocycles. The molecule has 0 saturated carbocycles. The third-order valence-corrected chi connectivity index (χ3v) is 3.17. The number of nitrogens with zero attached hydrogens (tertiary/aromatic N) is 1. The smallest absolute Gasteiger partial charge is 0.121 e. The fourth-order valence-corrected chi connectivity index (χ4v) is 2.42. The largest absolute Gasteiger partial charge is 0.374 e. The standard InChI is InChI=1S/C15H8NO.Ir/c1-2-7-12-10(5-1)11-6-3-4-8-13(11)15-14(12)9-17-16-15;/h1-7,9H;/q-1;. The molecule has 0 fully saturated rings. The third-order valence-electron chi connectivity index (χ3n) is 3.17. The van der Waals surface area contributed by atoms with Gasteiger partial charge < -0.3 is 4.52 Å². The molecule has 4 aromatic rings. The molecule has 4 rings (SSSR count). The fraction of sp³-hybridized carbons (Fsp3) is 0. The summed E-state index contributed by atoms with van der Waals surface area (Å²) in [4.78, 5) is 0. The van der Waals surface area contributed by atoms with Crippen LogP contribution >= 0.6 is 0 Å². The molecule has 0 saturated heterocycles. The summed E-state index contributed by atoms with van der Waals surface area (Å²) >= 11 is 0. The first-order chi connectivity index (χ1) is 8.45. The zero-order chi connectivity index (χ0) is 11.2. The van der Waals surface area contributed by atoms with Gasteiger partial charge in [-0.05, 0) is 5.39 Å². The number of benzene rings is 3. The van der Waals surface area contributed by atoms with Gasteiger partial charge in [0.2, 0.25) is 0 Å². The maximum Gasteiger partial charge on any atom is 0.121 e. The van der Waals surface area contributed by atoms with Gasteiger partial charge in [-0.15, -0.1) is 34.8 Å². The van der Waals surface area contributed by atoms with Gasteiger partial charge in [-0.1, -0.05) is 35.0 Å². The van der Waals surface area contributed by atoms with Crippen LogP contribution in [0.25, 0.3) is 32.4 Å². The number of hydrogen-bond acceptors (Lipinski definition) is 2. The fourth-order valence-electron chi connectivity index (χ4n) is 2.42. The van der Waals surface area contributed by atoms with E-state index in [1.54, 1.807) is 6.26 Å².